The summed E-state index contributed by atoms with van der Waals surface area (Å²) >= 11 is 0. The third-order valence-corrected chi connectivity index (χ3v) is 2.93. The van der Waals surface area contributed by atoms with E-state index < -0.39 is 23.9 Å². The van der Waals surface area contributed by atoms with Crippen LogP contribution in [0.5, 0.6) is 11.5 Å². The molecule has 0 spiro atoms. The van der Waals surface area contributed by atoms with E-state index in [0.29, 0.717) is 0 Å². The molecule has 2 aromatic rings. The molecule has 0 N–H and O–H groups in total. The predicted octanol–water partition coefficient (Wildman–Crippen LogP) is 5.28. The summed E-state index contributed by atoms with van der Waals surface area (Å²) in [4.78, 5) is 0. The average Bonchev–Trinajstić information content (AvgIpc) is 2.44. The summed E-state index contributed by atoms with van der Waals surface area (Å²) in [6.07, 6.45) is -9.51. The van der Waals surface area contributed by atoms with Crippen LogP contribution in [0.25, 0.3) is 11.1 Å². The van der Waals surface area contributed by atoms with Crippen molar-refractivity contribution in [1.29, 1.82) is 0 Å². The second-order valence-corrected chi connectivity index (χ2v) is 4.46. The van der Waals surface area contributed by atoms with E-state index in [9.17, 15) is 26.3 Å². The number of para-hydroxylation sites is 1. The number of methoxy groups -OCH3 is 1. The summed E-state index contributed by atoms with van der Waals surface area (Å²) in [7, 11) is 1.13. The molecule has 0 amide bonds. The van der Waals surface area contributed by atoms with Crippen LogP contribution in [-0.4, -0.2) is 13.5 Å². The summed E-state index contributed by atoms with van der Waals surface area (Å²) in [5, 5.41) is 0. The topological polar surface area (TPSA) is 18.5 Å². The van der Waals surface area contributed by atoms with Gasteiger partial charge in [0.2, 0.25) is 0 Å². The lowest BCUT2D eigenvalue weighted by Crippen LogP contribution is -2.17. The van der Waals surface area contributed by atoms with Gasteiger partial charge in [-0.2, -0.15) is 13.2 Å². The highest BCUT2D eigenvalue weighted by atomic mass is 19.4. The van der Waals surface area contributed by atoms with Crippen molar-refractivity contribution >= 4 is 0 Å². The van der Waals surface area contributed by atoms with E-state index in [0.717, 1.165) is 31.4 Å². The third-order valence-electron chi connectivity index (χ3n) is 2.93. The van der Waals surface area contributed by atoms with Crippen molar-refractivity contribution in [2.75, 3.05) is 7.11 Å². The van der Waals surface area contributed by atoms with Gasteiger partial charge in [-0.1, -0.05) is 18.2 Å². The Morgan fingerprint density at radius 3 is 1.96 bits per heavy atom. The van der Waals surface area contributed by atoms with Crippen LogP contribution in [0.1, 0.15) is 5.56 Å². The molecule has 2 aromatic carbocycles. The van der Waals surface area contributed by atoms with Gasteiger partial charge in [0, 0.05) is 11.1 Å². The molecule has 2 rings (SSSR count). The first-order valence-electron chi connectivity index (χ1n) is 6.22. The molecular weight excluding hydrogens is 326 g/mol. The molecular formula is C15H10F6O2. The van der Waals surface area contributed by atoms with E-state index in [-0.39, 0.29) is 16.9 Å². The molecule has 0 saturated heterocycles. The van der Waals surface area contributed by atoms with Gasteiger partial charge in [0.05, 0.1) is 12.7 Å². The second-order valence-electron chi connectivity index (χ2n) is 4.46. The molecule has 0 saturated carbocycles. The molecule has 0 aliphatic heterocycles. The number of hydrogen-bond acceptors (Lipinski definition) is 2. The molecule has 8 heteroatoms. The highest BCUT2D eigenvalue weighted by Crippen LogP contribution is 2.41. The van der Waals surface area contributed by atoms with Gasteiger partial charge in [-0.3, -0.25) is 0 Å². The maximum atomic E-state index is 12.7. The zero-order valence-electron chi connectivity index (χ0n) is 11.6. The number of halogens is 6. The Morgan fingerprint density at radius 1 is 0.783 bits per heavy atom. The largest absolute Gasteiger partial charge is 0.573 e. The van der Waals surface area contributed by atoms with Gasteiger partial charge in [-0.25, -0.2) is 0 Å². The number of hydrogen-bond donors (Lipinski definition) is 0. The summed E-state index contributed by atoms with van der Waals surface area (Å²) in [6, 6.07) is 7.66. The van der Waals surface area contributed by atoms with Crippen molar-refractivity contribution < 1.29 is 35.8 Å². The maximum absolute atomic E-state index is 12.7. The zero-order chi connectivity index (χ0) is 17.3. The van der Waals surface area contributed by atoms with E-state index in [1.165, 1.54) is 18.2 Å². The summed E-state index contributed by atoms with van der Waals surface area (Å²) < 4.78 is 84.2. The van der Waals surface area contributed by atoms with E-state index in [1.54, 1.807) is 0 Å². The average molecular weight is 336 g/mol. The van der Waals surface area contributed by atoms with Crippen LogP contribution in [0.3, 0.4) is 0 Å². The molecule has 0 heterocycles. The Kier molecular flexibility index (Phi) is 4.44. The lowest BCUT2D eigenvalue weighted by molar-refractivity contribution is -0.274. The third kappa shape index (κ3) is 4.08. The van der Waals surface area contributed by atoms with Gasteiger partial charge in [0.1, 0.15) is 11.5 Å². The molecule has 0 atom stereocenters. The van der Waals surface area contributed by atoms with Crippen LogP contribution in [-0.2, 0) is 6.18 Å². The Balaban J connectivity index is 2.55. The van der Waals surface area contributed by atoms with Crippen LogP contribution < -0.4 is 9.47 Å². The first-order chi connectivity index (χ1) is 10.6. The molecule has 0 unspecified atom stereocenters. The van der Waals surface area contributed by atoms with E-state index in [4.69, 9.17) is 4.74 Å². The fourth-order valence-electron chi connectivity index (χ4n) is 1.99. The van der Waals surface area contributed by atoms with Crippen molar-refractivity contribution in [1.82, 2.24) is 0 Å². The van der Waals surface area contributed by atoms with E-state index >= 15 is 0 Å². The summed E-state index contributed by atoms with van der Waals surface area (Å²) in [6.45, 7) is 0. The highest BCUT2D eigenvalue weighted by molar-refractivity contribution is 5.76. The minimum atomic E-state index is -4.92. The molecule has 0 radical (unpaired) electrons. The van der Waals surface area contributed by atoms with Gasteiger partial charge in [0.25, 0.3) is 0 Å². The van der Waals surface area contributed by atoms with Crippen molar-refractivity contribution in [2.24, 2.45) is 0 Å². The summed E-state index contributed by atoms with van der Waals surface area (Å²) in [5.74, 6) is -0.740. The van der Waals surface area contributed by atoms with Gasteiger partial charge < -0.3 is 9.47 Å². The van der Waals surface area contributed by atoms with Gasteiger partial charge in [0.15, 0.2) is 0 Å². The Hall–Kier alpha value is -2.38. The normalized spacial score (nSPS) is 12.1. The maximum Gasteiger partial charge on any atom is 0.573 e. The van der Waals surface area contributed by atoms with Crippen LogP contribution in [0.15, 0.2) is 42.5 Å². The molecule has 124 valence electrons. The van der Waals surface area contributed by atoms with Crippen molar-refractivity contribution in [2.45, 2.75) is 12.5 Å². The first-order valence-corrected chi connectivity index (χ1v) is 6.22. The van der Waals surface area contributed by atoms with Gasteiger partial charge in [-0.15, -0.1) is 13.2 Å². The van der Waals surface area contributed by atoms with Gasteiger partial charge in [-0.05, 0) is 24.3 Å². The predicted molar refractivity (Wildman–Crippen MR) is 70.1 cm³/mol. The number of ether oxygens (including phenoxy) is 2. The Morgan fingerprint density at radius 2 is 1.39 bits per heavy atom. The monoisotopic (exact) mass is 336 g/mol. The first kappa shape index (κ1) is 17.0. The number of rotatable bonds is 3. The van der Waals surface area contributed by atoms with Crippen LogP contribution >= 0.6 is 0 Å². The SMILES string of the molecule is COc1cc(C(F)(F)F)ccc1-c1ccccc1OC(F)(F)F. The van der Waals surface area contributed by atoms with Crippen LogP contribution in [0, 0.1) is 0 Å². The molecule has 2 nitrogen and oxygen atoms in total. The van der Waals surface area contributed by atoms with Gasteiger partial charge >= 0.3 is 12.5 Å². The lowest BCUT2D eigenvalue weighted by Gasteiger charge is -2.16. The molecule has 0 aliphatic rings. The lowest BCUT2D eigenvalue weighted by atomic mass is 10.0. The van der Waals surface area contributed by atoms with Crippen LogP contribution in [0.2, 0.25) is 0 Å². The van der Waals surface area contributed by atoms with Crippen LogP contribution in [0.4, 0.5) is 26.3 Å². The molecule has 0 aromatic heterocycles. The Bertz CT molecular complexity index is 691. The summed E-state index contributed by atoms with van der Waals surface area (Å²) in [5.41, 5.74) is -0.942. The zero-order valence-corrected chi connectivity index (χ0v) is 11.6. The smallest absolute Gasteiger partial charge is 0.496 e. The molecule has 0 aliphatic carbocycles. The molecule has 0 bridgehead atoms. The fourth-order valence-corrected chi connectivity index (χ4v) is 1.99. The van der Waals surface area contributed by atoms with E-state index in [1.807, 2.05) is 0 Å². The van der Waals surface area contributed by atoms with Crippen molar-refractivity contribution in [3.63, 3.8) is 0 Å². The number of benzene rings is 2. The second kappa shape index (κ2) is 6.02. The minimum absolute atomic E-state index is 0.0320. The molecule has 23 heavy (non-hydrogen) atoms. The highest BCUT2D eigenvalue weighted by Gasteiger charge is 2.34. The molecule has 0 fully saturated rings. The van der Waals surface area contributed by atoms with E-state index in [2.05, 4.69) is 4.74 Å². The fraction of sp³-hybridized carbons (Fsp3) is 0.200. The van der Waals surface area contributed by atoms with Crippen molar-refractivity contribution in [3.8, 4) is 22.6 Å². The quantitative estimate of drug-likeness (QED) is 0.710. The van der Waals surface area contributed by atoms with Crippen molar-refractivity contribution in [3.05, 3.63) is 48.0 Å². The standard InChI is InChI=1S/C15H10F6O2/c1-22-13-8-9(14(16,17)18)6-7-11(13)10-4-2-3-5-12(10)23-15(19,20)21/h2-8H,1H3. The number of alkyl halides is 6. The Labute approximate surface area is 127 Å². The minimum Gasteiger partial charge on any atom is -0.496 e.